The summed E-state index contributed by atoms with van der Waals surface area (Å²) in [7, 11) is -4.40. The Morgan fingerprint density at radius 1 is 1.09 bits per heavy atom. The van der Waals surface area contributed by atoms with E-state index in [9.17, 15) is 8.42 Å². The lowest BCUT2D eigenvalue weighted by Crippen LogP contribution is -2.06. The van der Waals surface area contributed by atoms with Gasteiger partial charge in [-0.25, -0.2) is 0 Å². The third-order valence-electron chi connectivity index (χ3n) is 3.07. The molecule has 7 nitrogen and oxygen atoms in total. The first-order chi connectivity index (χ1) is 10.4. The zero-order valence-corrected chi connectivity index (χ0v) is 12.1. The smallest absolute Gasteiger partial charge is 0.296 e. The molecule has 0 unspecified atom stereocenters. The molecular weight excluding hydrogens is 304 g/mol. The van der Waals surface area contributed by atoms with Gasteiger partial charge in [-0.1, -0.05) is 30.3 Å². The van der Waals surface area contributed by atoms with E-state index in [0.29, 0.717) is 11.4 Å². The first-order valence-electron chi connectivity index (χ1n) is 6.30. The predicted molar refractivity (Wildman–Crippen MR) is 81.0 cm³/mol. The highest BCUT2D eigenvalue weighted by Gasteiger charge is 2.16. The number of anilines is 1. The summed E-state index contributed by atoms with van der Waals surface area (Å²) >= 11 is 0. The standard InChI is InChI=1S/C14H12N4O3S/c15-12-7-6-11(8-14(12)22(19,20)21)18-16-9-13(17-18)10-4-2-1-3-5-10/h1-9H,15H2,(H,19,20,21). The summed E-state index contributed by atoms with van der Waals surface area (Å²) in [6.07, 6.45) is 1.57. The first-order valence-corrected chi connectivity index (χ1v) is 7.74. The zero-order chi connectivity index (χ0) is 15.7. The van der Waals surface area contributed by atoms with Gasteiger partial charge in [-0.05, 0) is 18.2 Å². The molecule has 0 bridgehead atoms. The molecule has 0 atom stereocenters. The Balaban J connectivity index is 2.05. The number of nitrogens with zero attached hydrogens (tertiary/aromatic N) is 3. The van der Waals surface area contributed by atoms with Gasteiger partial charge >= 0.3 is 0 Å². The molecule has 0 aliphatic carbocycles. The van der Waals surface area contributed by atoms with Gasteiger partial charge in [0, 0.05) is 5.56 Å². The van der Waals surface area contributed by atoms with Crippen molar-refractivity contribution in [3.05, 3.63) is 54.7 Å². The van der Waals surface area contributed by atoms with Gasteiger partial charge in [-0.15, -0.1) is 5.10 Å². The van der Waals surface area contributed by atoms with E-state index in [0.717, 1.165) is 5.56 Å². The van der Waals surface area contributed by atoms with Gasteiger partial charge in [0.25, 0.3) is 10.1 Å². The molecule has 0 radical (unpaired) electrons. The van der Waals surface area contributed by atoms with E-state index in [-0.39, 0.29) is 10.6 Å². The summed E-state index contributed by atoms with van der Waals surface area (Å²) in [5, 5.41) is 8.40. The average molecular weight is 316 g/mol. The molecule has 3 N–H and O–H groups in total. The molecule has 112 valence electrons. The summed E-state index contributed by atoms with van der Waals surface area (Å²) < 4.78 is 31.7. The molecule has 0 aliphatic heterocycles. The molecule has 0 saturated heterocycles. The Morgan fingerprint density at radius 2 is 1.82 bits per heavy atom. The van der Waals surface area contributed by atoms with E-state index in [1.807, 2.05) is 30.3 Å². The van der Waals surface area contributed by atoms with Crippen molar-refractivity contribution in [2.24, 2.45) is 0 Å². The van der Waals surface area contributed by atoms with E-state index in [4.69, 9.17) is 10.3 Å². The van der Waals surface area contributed by atoms with Crippen LogP contribution in [-0.4, -0.2) is 28.0 Å². The molecule has 1 heterocycles. The first kappa shape index (κ1) is 14.2. The van der Waals surface area contributed by atoms with Crippen molar-refractivity contribution < 1.29 is 13.0 Å². The van der Waals surface area contributed by atoms with Crippen molar-refractivity contribution in [2.45, 2.75) is 4.90 Å². The highest BCUT2D eigenvalue weighted by molar-refractivity contribution is 7.86. The second-order valence-electron chi connectivity index (χ2n) is 4.58. The molecule has 0 aliphatic rings. The Kier molecular flexibility index (Phi) is 3.39. The lowest BCUT2D eigenvalue weighted by Gasteiger charge is -2.05. The SMILES string of the molecule is Nc1ccc(-n2ncc(-c3ccccc3)n2)cc1S(=O)(=O)O. The topological polar surface area (TPSA) is 111 Å². The average Bonchev–Trinajstić information content (AvgIpc) is 2.97. The Hall–Kier alpha value is -2.71. The summed E-state index contributed by atoms with van der Waals surface area (Å²) in [6.45, 7) is 0. The maximum atomic E-state index is 11.3. The second kappa shape index (κ2) is 5.24. The van der Waals surface area contributed by atoms with E-state index < -0.39 is 10.1 Å². The van der Waals surface area contributed by atoms with Gasteiger partial charge in [-0.3, -0.25) is 4.55 Å². The number of nitrogens with two attached hydrogens (primary N) is 1. The van der Waals surface area contributed by atoms with Crippen molar-refractivity contribution in [2.75, 3.05) is 5.73 Å². The monoisotopic (exact) mass is 316 g/mol. The van der Waals surface area contributed by atoms with Gasteiger partial charge in [-0.2, -0.15) is 18.3 Å². The summed E-state index contributed by atoms with van der Waals surface area (Å²) in [5.41, 5.74) is 7.43. The van der Waals surface area contributed by atoms with Crippen LogP contribution in [0.15, 0.2) is 59.6 Å². The lowest BCUT2D eigenvalue weighted by molar-refractivity contribution is 0.483. The van der Waals surface area contributed by atoms with Crippen molar-refractivity contribution in [3.63, 3.8) is 0 Å². The van der Waals surface area contributed by atoms with E-state index >= 15 is 0 Å². The van der Waals surface area contributed by atoms with Crippen LogP contribution in [-0.2, 0) is 10.1 Å². The number of hydrogen-bond donors (Lipinski definition) is 2. The number of hydrogen-bond acceptors (Lipinski definition) is 5. The molecule has 2 aromatic carbocycles. The van der Waals surface area contributed by atoms with Gasteiger partial charge in [0.05, 0.1) is 17.6 Å². The molecule has 0 fully saturated rings. The quantitative estimate of drug-likeness (QED) is 0.562. The number of nitrogen functional groups attached to an aromatic ring is 1. The molecule has 22 heavy (non-hydrogen) atoms. The summed E-state index contributed by atoms with van der Waals surface area (Å²) in [6, 6.07) is 13.6. The molecule has 3 aromatic rings. The van der Waals surface area contributed by atoms with Crippen LogP contribution in [0.5, 0.6) is 0 Å². The van der Waals surface area contributed by atoms with Crippen LogP contribution in [0.25, 0.3) is 16.9 Å². The highest BCUT2D eigenvalue weighted by atomic mass is 32.2. The fourth-order valence-electron chi connectivity index (χ4n) is 2.00. The Bertz CT molecular complexity index is 920. The zero-order valence-electron chi connectivity index (χ0n) is 11.3. The van der Waals surface area contributed by atoms with Crippen LogP contribution in [0.2, 0.25) is 0 Å². The van der Waals surface area contributed by atoms with Crippen LogP contribution < -0.4 is 5.73 Å². The van der Waals surface area contributed by atoms with Crippen LogP contribution in [0, 0.1) is 0 Å². The van der Waals surface area contributed by atoms with Crippen LogP contribution in [0.3, 0.4) is 0 Å². The molecule has 0 saturated carbocycles. The third kappa shape index (κ3) is 2.69. The normalized spacial score (nSPS) is 11.5. The fraction of sp³-hybridized carbons (Fsp3) is 0. The predicted octanol–water partition coefficient (Wildman–Crippen LogP) is 1.76. The van der Waals surface area contributed by atoms with Crippen molar-refractivity contribution in [1.29, 1.82) is 0 Å². The Morgan fingerprint density at radius 3 is 2.50 bits per heavy atom. The molecule has 1 aromatic heterocycles. The molecule has 3 rings (SSSR count). The van der Waals surface area contributed by atoms with Crippen LogP contribution in [0.1, 0.15) is 0 Å². The number of aromatic nitrogens is 3. The molecule has 0 amide bonds. The van der Waals surface area contributed by atoms with Crippen molar-refractivity contribution in [1.82, 2.24) is 15.0 Å². The molecule has 8 heteroatoms. The van der Waals surface area contributed by atoms with Crippen molar-refractivity contribution >= 4 is 15.8 Å². The Labute approximate surface area is 126 Å². The molecule has 0 spiro atoms. The fourth-order valence-corrected chi connectivity index (χ4v) is 2.64. The molecular formula is C14H12N4O3S. The van der Waals surface area contributed by atoms with Gasteiger partial charge < -0.3 is 5.73 Å². The summed E-state index contributed by atoms with van der Waals surface area (Å²) in [5.74, 6) is 0. The maximum absolute atomic E-state index is 11.3. The van der Waals surface area contributed by atoms with Gasteiger partial charge in [0.1, 0.15) is 10.6 Å². The third-order valence-corrected chi connectivity index (χ3v) is 3.98. The van der Waals surface area contributed by atoms with E-state index in [1.165, 1.54) is 16.9 Å². The minimum atomic E-state index is -4.40. The number of benzene rings is 2. The van der Waals surface area contributed by atoms with Crippen LogP contribution in [0.4, 0.5) is 5.69 Å². The lowest BCUT2D eigenvalue weighted by atomic mass is 10.2. The van der Waals surface area contributed by atoms with Crippen molar-refractivity contribution in [3.8, 4) is 16.9 Å². The van der Waals surface area contributed by atoms with Crippen LogP contribution >= 0.6 is 0 Å². The second-order valence-corrected chi connectivity index (χ2v) is 5.97. The minimum absolute atomic E-state index is 0.0401. The van der Waals surface area contributed by atoms with Gasteiger partial charge in [0.2, 0.25) is 0 Å². The van der Waals surface area contributed by atoms with E-state index in [2.05, 4.69) is 10.2 Å². The van der Waals surface area contributed by atoms with E-state index in [1.54, 1.807) is 12.3 Å². The van der Waals surface area contributed by atoms with Gasteiger partial charge in [0.15, 0.2) is 0 Å². The summed E-state index contributed by atoms with van der Waals surface area (Å²) in [4.78, 5) is 0.903. The highest BCUT2D eigenvalue weighted by Crippen LogP contribution is 2.22. The number of rotatable bonds is 3. The minimum Gasteiger partial charge on any atom is -0.398 e. The largest absolute Gasteiger partial charge is 0.398 e. The maximum Gasteiger partial charge on any atom is 0.296 e.